The summed E-state index contributed by atoms with van der Waals surface area (Å²) in [6, 6.07) is 0. The lowest BCUT2D eigenvalue weighted by Gasteiger charge is -2.18. The summed E-state index contributed by atoms with van der Waals surface area (Å²) < 4.78 is 16.8. The van der Waals surface area contributed by atoms with Crippen molar-refractivity contribution < 1.29 is 28.6 Å². The van der Waals surface area contributed by atoms with Gasteiger partial charge in [-0.15, -0.1) is 0 Å². The first-order chi connectivity index (χ1) is 39.0. The van der Waals surface area contributed by atoms with Gasteiger partial charge in [0.1, 0.15) is 13.2 Å². The highest BCUT2D eigenvalue weighted by molar-refractivity contribution is 5.71. The average molecular weight is 1100 g/mol. The maximum absolute atomic E-state index is 12.8. The van der Waals surface area contributed by atoms with Crippen molar-refractivity contribution in [2.24, 2.45) is 0 Å². The molecule has 0 saturated heterocycles. The van der Waals surface area contributed by atoms with Crippen molar-refractivity contribution in [3.8, 4) is 0 Å². The third kappa shape index (κ3) is 65.0. The molecule has 0 fully saturated rings. The predicted molar refractivity (Wildman–Crippen MR) is 344 cm³/mol. The Bertz CT molecular complexity index is 1540. The summed E-state index contributed by atoms with van der Waals surface area (Å²) in [5.74, 6) is -0.955. The molecular formula is C73H126O6. The zero-order valence-corrected chi connectivity index (χ0v) is 52.1. The van der Waals surface area contributed by atoms with Crippen molar-refractivity contribution >= 4 is 17.9 Å². The molecule has 0 amide bonds. The molecule has 0 aliphatic carbocycles. The number of unbranched alkanes of at least 4 members (excludes halogenated alkanes) is 34. The van der Waals surface area contributed by atoms with E-state index in [1.54, 1.807) is 0 Å². The van der Waals surface area contributed by atoms with Crippen molar-refractivity contribution in [3.63, 3.8) is 0 Å². The summed E-state index contributed by atoms with van der Waals surface area (Å²) >= 11 is 0. The SMILES string of the molecule is CC/C=C\C/C=C\C/C=C\C/C=C\C/C=C\C/C=C\C/C=C\CCCC(=O)OC(COC(=O)CCCCCCCCC)COC(=O)CCCCCCCCCCCCCCCCCCCCC/C=C\CCCCCCCCCC. The number of esters is 3. The smallest absolute Gasteiger partial charge is 0.306 e. The zero-order chi connectivity index (χ0) is 57.1. The lowest BCUT2D eigenvalue weighted by molar-refractivity contribution is -0.167. The molecule has 0 aliphatic heterocycles. The van der Waals surface area contributed by atoms with E-state index >= 15 is 0 Å². The quantitative estimate of drug-likeness (QED) is 0.0261. The first-order valence-corrected chi connectivity index (χ1v) is 33.7. The minimum atomic E-state index is -0.806. The van der Waals surface area contributed by atoms with Gasteiger partial charge in [0.2, 0.25) is 0 Å². The zero-order valence-electron chi connectivity index (χ0n) is 52.1. The Morgan fingerprint density at radius 3 is 0.823 bits per heavy atom. The van der Waals surface area contributed by atoms with Gasteiger partial charge in [0.15, 0.2) is 6.10 Å². The summed E-state index contributed by atoms with van der Waals surface area (Å²) in [6.45, 7) is 6.46. The van der Waals surface area contributed by atoms with Crippen LogP contribution in [-0.4, -0.2) is 37.2 Å². The summed E-state index contributed by atoms with van der Waals surface area (Å²) in [7, 11) is 0. The summed E-state index contributed by atoms with van der Waals surface area (Å²) in [6.07, 6.45) is 90.5. The molecule has 0 N–H and O–H groups in total. The molecular weight excluding hydrogens is 973 g/mol. The molecule has 454 valence electrons. The fourth-order valence-corrected chi connectivity index (χ4v) is 9.55. The first-order valence-electron chi connectivity index (χ1n) is 33.7. The Morgan fingerprint density at radius 1 is 0.266 bits per heavy atom. The van der Waals surface area contributed by atoms with Crippen molar-refractivity contribution in [3.05, 3.63) is 97.2 Å². The van der Waals surface area contributed by atoms with Crippen LogP contribution in [0.2, 0.25) is 0 Å². The van der Waals surface area contributed by atoms with Gasteiger partial charge >= 0.3 is 17.9 Å². The summed E-state index contributed by atoms with van der Waals surface area (Å²) in [4.78, 5) is 38.1. The summed E-state index contributed by atoms with van der Waals surface area (Å²) in [5, 5.41) is 0. The van der Waals surface area contributed by atoms with Crippen LogP contribution in [-0.2, 0) is 28.6 Å². The second kappa shape index (κ2) is 66.8. The Hall–Kier alpha value is -3.67. The fourth-order valence-electron chi connectivity index (χ4n) is 9.55. The molecule has 79 heavy (non-hydrogen) atoms. The van der Waals surface area contributed by atoms with Crippen LogP contribution in [0.15, 0.2) is 97.2 Å². The number of rotatable bonds is 61. The number of allylic oxidation sites excluding steroid dienone is 16. The van der Waals surface area contributed by atoms with Crippen LogP contribution < -0.4 is 0 Å². The molecule has 6 nitrogen and oxygen atoms in total. The van der Waals surface area contributed by atoms with Crippen LogP contribution in [0, 0.1) is 0 Å². The molecule has 0 aromatic carbocycles. The highest BCUT2D eigenvalue weighted by Gasteiger charge is 2.19. The molecule has 6 heteroatoms. The molecule has 0 bridgehead atoms. The van der Waals surface area contributed by atoms with Crippen LogP contribution >= 0.6 is 0 Å². The minimum absolute atomic E-state index is 0.0980. The van der Waals surface area contributed by atoms with Crippen molar-refractivity contribution in [2.75, 3.05) is 13.2 Å². The number of carbonyl (C=O) groups is 3. The monoisotopic (exact) mass is 1100 g/mol. The molecule has 0 radical (unpaired) electrons. The lowest BCUT2D eigenvalue weighted by atomic mass is 10.0. The maximum Gasteiger partial charge on any atom is 0.306 e. The van der Waals surface area contributed by atoms with Gasteiger partial charge in [-0.3, -0.25) is 14.4 Å². The van der Waals surface area contributed by atoms with Gasteiger partial charge in [-0.25, -0.2) is 0 Å². The molecule has 0 aromatic heterocycles. The molecule has 0 aliphatic rings. The lowest BCUT2D eigenvalue weighted by Crippen LogP contribution is -2.30. The number of hydrogen-bond donors (Lipinski definition) is 0. The molecule has 0 heterocycles. The molecule has 0 aromatic rings. The van der Waals surface area contributed by atoms with Gasteiger partial charge in [0, 0.05) is 19.3 Å². The Kier molecular flexibility index (Phi) is 63.7. The maximum atomic E-state index is 12.8. The topological polar surface area (TPSA) is 78.9 Å². The standard InChI is InChI=1S/C73H126O6/c1-4-7-10-13-16-18-20-22-24-26-28-30-32-33-34-35-36-37-38-39-41-42-44-46-48-50-52-54-57-60-63-66-72(75)78-69-70(68-77-71(74)65-62-59-56-15-12-9-6-3)79-73(76)67-64-61-58-55-53-51-49-47-45-43-40-31-29-27-25-23-21-19-17-14-11-8-5-2/h8,11,17,19,23,25-26,28-29,31,43,45,49,51,55,58,70H,4-7,9-10,12-16,18,20-22,24,27,30,32-42,44,46-48,50,52-54,56-57,59-69H2,1-3H3/b11-8-,19-17-,25-23-,28-26-,31-29-,45-43-,51-49-,58-55-. The van der Waals surface area contributed by atoms with Gasteiger partial charge in [-0.2, -0.15) is 0 Å². The van der Waals surface area contributed by atoms with Crippen molar-refractivity contribution in [1.82, 2.24) is 0 Å². The fraction of sp³-hybridized carbons (Fsp3) is 0.740. The van der Waals surface area contributed by atoms with E-state index in [9.17, 15) is 14.4 Å². The minimum Gasteiger partial charge on any atom is -0.462 e. The van der Waals surface area contributed by atoms with Gasteiger partial charge in [-0.1, -0.05) is 311 Å². The van der Waals surface area contributed by atoms with Crippen molar-refractivity contribution in [2.45, 2.75) is 335 Å². The van der Waals surface area contributed by atoms with Gasteiger partial charge in [-0.05, 0) is 96.3 Å². The van der Waals surface area contributed by atoms with E-state index < -0.39 is 6.10 Å². The van der Waals surface area contributed by atoms with Gasteiger partial charge in [0.05, 0.1) is 0 Å². The van der Waals surface area contributed by atoms with Gasteiger partial charge in [0.25, 0.3) is 0 Å². The molecule has 0 rings (SSSR count). The van der Waals surface area contributed by atoms with Crippen LogP contribution in [0.5, 0.6) is 0 Å². The van der Waals surface area contributed by atoms with E-state index in [1.807, 2.05) is 0 Å². The van der Waals surface area contributed by atoms with Crippen LogP contribution in [0.4, 0.5) is 0 Å². The molecule has 1 atom stereocenters. The number of ether oxygens (including phenoxy) is 3. The third-order valence-electron chi connectivity index (χ3n) is 14.6. The van der Waals surface area contributed by atoms with E-state index in [4.69, 9.17) is 14.2 Å². The molecule has 0 saturated carbocycles. The van der Waals surface area contributed by atoms with Gasteiger partial charge < -0.3 is 14.2 Å². The molecule has 0 spiro atoms. The van der Waals surface area contributed by atoms with Crippen LogP contribution in [0.25, 0.3) is 0 Å². The predicted octanol–water partition coefficient (Wildman–Crippen LogP) is 23.2. The largest absolute Gasteiger partial charge is 0.462 e. The van der Waals surface area contributed by atoms with E-state index in [0.717, 1.165) is 89.9 Å². The van der Waals surface area contributed by atoms with Crippen LogP contribution in [0.1, 0.15) is 329 Å². The average Bonchev–Trinajstić information content (AvgIpc) is 3.45. The van der Waals surface area contributed by atoms with E-state index in [1.165, 1.54) is 193 Å². The van der Waals surface area contributed by atoms with Crippen molar-refractivity contribution in [1.29, 1.82) is 0 Å². The first kappa shape index (κ1) is 75.3. The van der Waals surface area contributed by atoms with E-state index in [-0.39, 0.29) is 37.5 Å². The normalized spacial score (nSPS) is 12.7. The Balaban J connectivity index is 4.13. The number of carbonyl (C=O) groups excluding carboxylic acids is 3. The second-order valence-electron chi connectivity index (χ2n) is 22.4. The Labute approximate surface area is 489 Å². The highest BCUT2D eigenvalue weighted by atomic mass is 16.6. The van der Waals surface area contributed by atoms with E-state index in [0.29, 0.717) is 19.3 Å². The number of hydrogen-bond acceptors (Lipinski definition) is 6. The highest BCUT2D eigenvalue weighted by Crippen LogP contribution is 2.17. The molecule has 1 unspecified atom stereocenters. The van der Waals surface area contributed by atoms with E-state index in [2.05, 4.69) is 118 Å². The van der Waals surface area contributed by atoms with Crippen LogP contribution in [0.3, 0.4) is 0 Å². The third-order valence-corrected chi connectivity index (χ3v) is 14.6. The summed E-state index contributed by atoms with van der Waals surface area (Å²) in [5.41, 5.74) is 0. The second-order valence-corrected chi connectivity index (χ2v) is 22.4. The Morgan fingerprint density at radius 2 is 0.506 bits per heavy atom.